The summed E-state index contributed by atoms with van der Waals surface area (Å²) in [6.45, 7) is 4.72. The number of likely N-dealkylation sites (tertiary alicyclic amines) is 1. The normalized spacial score (nSPS) is 15.3. The standard InChI is InChI=1S/C24H27FN2O4/c1-16-3-5-18(6-4-16)15-26-22(28)17(2)31-24(30)20-11-13-27(14-12-20)23(29)19-7-9-21(25)10-8-19/h3-10,17,20H,11-15H2,1-2H3,(H,26,28)/t17-/m1/s1. The van der Waals surface area contributed by atoms with Gasteiger partial charge in [-0.05, 0) is 56.5 Å². The van der Waals surface area contributed by atoms with Crippen LogP contribution in [0.3, 0.4) is 0 Å². The van der Waals surface area contributed by atoms with Gasteiger partial charge in [0, 0.05) is 25.2 Å². The lowest BCUT2D eigenvalue weighted by molar-refractivity contribution is -0.160. The molecule has 0 unspecified atom stereocenters. The lowest BCUT2D eigenvalue weighted by atomic mass is 9.96. The molecular weight excluding hydrogens is 399 g/mol. The van der Waals surface area contributed by atoms with Gasteiger partial charge < -0.3 is 15.0 Å². The number of nitrogens with zero attached hydrogens (tertiary/aromatic N) is 1. The number of benzene rings is 2. The number of esters is 1. The number of rotatable bonds is 6. The molecule has 31 heavy (non-hydrogen) atoms. The number of hydrogen-bond donors (Lipinski definition) is 1. The SMILES string of the molecule is Cc1ccc(CNC(=O)[C@@H](C)OC(=O)C2CCN(C(=O)c3ccc(F)cc3)CC2)cc1. The summed E-state index contributed by atoms with van der Waals surface area (Å²) in [4.78, 5) is 38.9. The third kappa shape index (κ3) is 6.13. The molecule has 2 amide bonds. The van der Waals surface area contributed by atoms with E-state index in [4.69, 9.17) is 4.74 Å². The lowest BCUT2D eigenvalue weighted by Crippen LogP contribution is -2.42. The molecule has 0 aliphatic carbocycles. The first kappa shape index (κ1) is 22.5. The zero-order valence-electron chi connectivity index (χ0n) is 17.8. The van der Waals surface area contributed by atoms with Gasteiger partial charge in [0.15, 0.2) is 6.10 Å². The van der Waals surface area contributed by atoms with Crippen molar-refractivity contribution in [2.45, 2.75) is 39.3 Å². The molecule has 1 N–H and O–H groups in total. The number of piperidine rings is 1. The molecule has 1 heterocycles. The summed E-state index contributed by atoms with van der Waals surface area (Å²) in [6.07, 6.45) is 0.0317. The van der Waals surface area contributed by atoms with E-state index in [1.54, 1.807) is 11.8 Å². The number of nitrogens with one attached hydrogen (secondary N) is 1. The Morgan fingerprint density at radius 2 is 1.68 bits per heavy atom. The average molecular weight is 426 g/mol. The van der Waals surface area contributed by atoms with Crippen molar-refractivity contribution in [3.63, 3.8) is 0 Å². The summed E-state index contributed by atoms with van der Waals surface area (Å²) in [5, 5.41) is 2.77. The van der Waals surface area contributed by atoms with Crippen LogP contribution < -0.4 is 5.32 Å². The molecule has 0 radical (unpaired) electrons. The molecule has 164 valence electrons. The molecule has 1 fully saturated rings. The molecule has 0 saturated carbocycles. The Kier molecular flexibility index (Phi) is 7.39. The van der Waals surface area contributed by atoms with Crippen LogP contribution >= 0.6 is 0 Å². The molecular formula is C24H27FN2O4. The molecule has 7 heteroatoms. The van der Waals surface area contributed by atoms with Crippen LogP contribution in [0.1, 0.15) is 41.3 Å². The van der Waals surface area contributed by atoms with Crippen molar-refractivity contribution < 1.29 is 23.5 Å². The summed E-state index contributed by atoms with van der Waals surface area (Å²) in [5.41, 5.74) is 2.53. The molecule has 3 rings (SSSR count). The van der Waals surface area contributed by atoms with Crippen LogP contribution in [0.4, 0.5) is 4.39 Å². The number of carbonyl (C=O) groups excluding carboxylic acids is 3. The van der Waals surface area contributed by atoms with Crippen molar-refractivity contribution in [2.75, 3.05) is 13.1 Å². The van der Waals surface area contributed by atoms with E-state index in [2.05, 4.69) is 5.32 Å². The van der Waals surface area contributed by atoms with Gasteiger partial charge in [-0.15, -0.1) is 0 Å². The van der Waals surface area contributed by atoms with E-state index in [1.165, 1.54) is 24.3 Å². The van der Waals surface area contributed by atoms with Crippen LogP contribution in [0.5, 0.6) is 0 Å². The second-order valence-electron chi connectivity index (χ2n) is 7.86. The Morgan fingerprint density at radius 1 is 1.06 bits per heavy atom. The van der Waals surface area contributed by atoms with Gasteiger partial charge in [-0.1, -0.05) is 29.8 Å². The Hall–Kier alpha value is -3.22. The second kappa shape index (κ2) is 10.2. The highest BCUT2D eigenvalue weighted by Crippen LogP contribution is 2.21. The van der Waals surface area contributed by atoms with Gasteiger partial charge in [0.1, 0.15) is 5.82 Å². The third-order valence-corrected chi connectivity index (χ3v) is 5.46. The Balaban J connectivity index is 1.43. The van der Waals surface area contributed by atoms with Gasteiger partial charge >= 0.3 is 5.97 Å². The molecule has 2 aromatic rings. The molecule has 2 aromatic carbocycles. The third-order valence-electron chi connectivity index (χ3n) is 5.46. The highest BCUT2D eigenvalue weighted by Gasteiger charge is 2.30. The Bertz CT molecular complexity index is 920. The van der Waals surface area contributed by atoms with E-state index >= 15 is 0 Å². The van der Waals surface area contributed by atoms with Crippen molar-refractivity contribution in [3.8, 4) is 0 Å². The fraction of sp³-hybridized carbons (Fsp3) is 0.375. The van der Waals surface area contributed by atoms with Gasteiger partial charge in [-0.2, -0.15) is 0 Å². The number of hydrogen-bond acceptors (Lipinski definition) is 4. The summed E-state index contributed by atoms with van der Waals surface area (Å²) < 4.78 is 18.4. The first-order chi connectivity index (χ1) is 14.8. The largest absolute Gasteiger partial charge is 0.452 e. The molecule has 0 aromatic heterocycles. The number of amides is 2. The highest BCUT2D eigenvalue weighted by atomic mass is 19.1. The topological polar surface area (TPSA) is 75.7 Å². The predicted molar refractivity (Wildman–Crippen MR) is 114 cm³/mol. The molecule has 1 aliphatic heterocycles. The summed E-state index contributed by atoms with van der Waals surface area (Å²) in [5.74, 6) is -1.71. The maximum atomic E-state index is 13.0. The van der Waals surface area contributed by atoms with E-state index in [-0.39, 0.29) is 17.7 Å². The van der Waals surface area contributed by atoms with E-state index in [1.807, 2.05) is 31.2 Å². The smallest absolute Gasteiger partial charge is 0.309 e. The Morgan fingerprint density at radius 3 is 2.29 bits per heavy atom. The fourth-order valence-corrected chi connectivity index (χ4v) is 3.46. The molecule has 0 spiro atoms. The van der Waals surface area contributed by atoms with Crippen LogP contribution in [-0.2, 0) is 20.9 Å². The average Bonchev–Trinajstić information content (AvgIpc) is 2.78. The predicted octanol–water partition coefficient (Wildman–Crippen LogP) is 3.23. The van der Waals surface area contributed by atoms with E-state index in [0.717, 1.165) is 11.1 Å². The molecule has 1 atom stereocenters. The minimum absolute atomic E-state index is 0.185. The van der Waals surface area contributed by atoms with Crippen LogP contribution in [0.15, 0.2) is 48.5 Å². The minimum atomic E-state index is -0.892. The Labute approximate surface area is 181 Å². The number of aryl methyl sites for hydroxylation is 1. The number of ether oxygens (including phenoxy) is 1. The molecule has 1 aliphatic rings. The van der Waals surface area contributed by atoms with E-state index in [0.29, 0.717) is 38.0 Å². The minimum Gasteiger partial charge on any atom is -0.452 e. The zero-order chi connectivity index (χ0) is 22.4. The van der Waals surface area contributed by atoms with Crippen molar-refractivity contribution >= 4 is 17.8 Å². The molecule has 0 bridgehead atoms. The molecule has 1 saturated heterocycles. The highest BCUT2D eigenvalue weighted by molar-refractivity contribution is 5.94. The number of halogens is 1. The van der Waals surface area contributed by atoms with Gasteiger partial charge in [-0.3, -0.25) is 14.4 Å². The monoisotopic (exact) mass is 426 g/mol. The fourth-order valence-electron chi connectivity index (χ4n) is 3.46. The first-order valence-corrected chi connectivity index (χ1v) is 10.4. The van der Waals surface area contributed by atoms with Crippen LogP contribution in [0, 0.1) is 18.7 Å². The number of carbonyl (C=O) groups is 3. The van der Waals surface area contributed by atoms with Gasteiger partial charge in [0.25, 0.3) is 11.8 Å². The van der Waals surface area contributed by atoms with Crippen LogP contribution in [0.2, 0.25) is 0 Å². The zero-order valence-corrected chi connectivity index (χ0v) is 17.8. The van der Waals surface area contributed by atoms with Crippen molar-refractivity contribution in [1.29, 1.82) is 0 Å². The first-order valence-electron chi connectivity index (χ1n) is 10.4. The van der Waals surface area contributed by atoms with Crippen molar-refractivity contribution in [3.05, 3.63) is 71.0 Å². The van der Waals surface area contributed by atoms with Gasteiger partial charge in [0.2, 0.25) is 0 Å². The maximum absolute atomic E-state index is 13.0. The van der Waals surface area contributed by atoms with Crippen molar-refractivity contribution in [1.82, 2.24) is 10.2 Å². The maximum Gasteiger partial charge on any atom is 0.309 e. The van der Waals surface area contributed by atoms with Crippen LogP contribution in [0.25, 0.3) is 0 Å². The van der Waals surface area contributed by atoms with Gasteiger partial charge in [0.05, 0.1) is 5.92 Å². The van der Waals surface area contributed by atoms with E-state index in [9.17, 15) is 18.8 Å². The molecule has 6 nitrogen and oxygen atoms in total. The van der Waals surface area contributed by atoms with E-state index < -0.39 is 17.9 Å². The quantitative estimate of drug-likeness (QED) is 0.720. The van der Waals surface area contributed by atoms with Crippen LogP contribution in [-0.4, -0.2) is 41.9 Å². The summed E-state index contributed by atoms with van der Waals surface area (Å²) in [7, 11) is 0. The lowest BCUT2D eigenvalue weighted by Gasteiger charge is -2.31. The second-order valence-corrected chi connectivity index (χ2v) is 7.86. The summed E-state index contributed by atoms with van der Waals surface area (Å²) in [6, 6.07) is 13.2. The summed E-state index contributed by atoms with van der Waals surface area (Å²) >= 11 is 0. The van der Waals surface area contributed by atoms with Gasteiger partial charge in [-0.25, -0.2) is 4.39 Å². The van der Waals surface area contributed by atoms with Crippen molar-refractivity contribution in [2.24, 2.45) is 5.92 Å².